The summed E-state index contributed by atoms with van der Waals surface area (Å²) in [6.07, 6.45) is 1.61. The van der Waals surface area contributed by atoms with Gasteiger partial charge in [0.1, 0.15) is 11.6 Å². The number of aromatic nitrogens is 1. The van der Waals surface area contributed by atoms with Gasteiger partial charge in [-0.05, 0) is 53.5 Å². The smallest absolute Gasteiger partial charge is 0.266 e. The lowest BCUT2D eigenvalue weighted by Crippen LogP contribution is -2.22. The van der Waals surface area contributed by atoms with Crippen LogP contribution in [-0.2, 0) is 0 Å². The van der Waals surface area contributed by atoms with E-state index in [1.54, 1.807) is 26.1 Å². The van der Waals surface area contributed by atoms with E-state index in [2.05, 4.69) is 21.0 Å². The van der Waals surface area contributed by atoms with Crippen molar-refractivity contribution in [1.82, 2.24) is 4.68 Å². The van der Waals surface area contributed by atoms with Gasteiger partial charge in [0.15, 0.2) is 0 Å². The fraction of sp³-hybridized carbons (Fsp3) is 0.154. The molecule has 2 rings (SSSR count). The highest BCUT2D eigenvalue weighted by Crippen LogP contribution is 2.20. The summed E-state index contributed by atoms with van der Waals surface area (Å²) in [5.41, 5.74) is 1.13. The van der Waals surface area contributed by atoms with Gasteiger partial charge in [-0.15, -0.1) is 11.3 Å². The van der Waals surface area contributed by atoms with Gasteiger partial charge < -0.3 is 0 Å². The zero-order valence-electron chi connectivity index (χ0n) is 10.3. The fourth-order valence-corrected chi connectivity index (χ4v) is 2.96. The van der Waals surface area contributed by atoms with Crippen LogP contribution in [0.25, 0.3) is 0 Å². The summed E-state index contributed by atoms with van der Waals surface area (Å²) in [7, 11) is 0. The molecule has 0 spiro atoms. The Labute approximate surface area is 122 Å². The van der Waals surface area contributed by atoms with E-state index in [0.29, 0.717) is 11.3 Å². The highest BCUT2D eigenvalue weighted by molar-refractivity contribution is 9.11. The number of nitriles is 1. The predicted molar refractivity (Wildman–Crippen MR) is 79.9 cm³/mol. The molecule has 0 fully saturated rings. The Balaban J connectivity index is 2.49. The molecule has 0 aromatic carbocycles. The molecule has 0 atom stereocenters. The van der Waals surface area contributed by atoms with Crippen LogP contribution in [0.2, 0.25) is 0 Å². The van der Waals surface area contributed by atoms with Gasteiger partial charge in [0.25, 0.3) is 5.56 Å². The molecule has 0 aliphatic heterocycles. The Morgan fingerprint density at radius 2 is 2.21 bits per heavy atom. The maximum absolute atomic E-state index is 12.1. The predicted octanol–water partition coefficient (Wildman–Crippen LogP) is 3.04. The molecule has 0 aliphatic carbocycles. The van der Waals surface area contributed by atoms with Crippen molar-refractivity contribution in [3.63, 3.8) is 0 Å². The molecule has 2 heterocycles. The molecule has 0 N–H and O–H groups in total. The third-order valence-electron chi connectivity index (χ3n) is 2.57. The number of hydrogen-bond donors (Lipinski definition) is 0. The van der Waals surface area contributed by atoms with Crippen LogP contribution in [0.5, 0.6) is 0 Å². The lowest BCUT2D eigenvalue weighted by atomic mass is 10.1. The van der Waals surface area contributed by atoms with Crippen LogP contribution in [0.15, 0.2) is 31.9 Å². The topological polar surface area (TPSA) is 58.1 Å². The number of halogens is 1. The lowest BCUT2D eigenvalue weighted by molar-refractivity contribution is 0.787. The first kappa shape index (κ1) is 13.7. The second-order valence-corrected chi connectivity index (χ2v) is 6.45. The molecular weight excluding hydrogens is 326 g/mol. The average Bonchev–Trinajstić information content (AvgIpc) is 2.75. The van der Waals surface area contributed by atoms with Crippen molar-refractivity contribution in [3.05, 3.63) is 54.0 Å². The van der Waals surface area contributed by atoms with Gasteiger partial charge in [-0.1, -0.05) is 0 Å². The summed E-state index contributed by atoms with van der Waals surface area (Å²) in [5, 5.41) is 13.1. The molecule has 96 valence electrons. The molecule has 2 aromatic heterocycles. The van der Waals surface area contributed by atoms with Gasteiger partial charge in [0, 0.05) is 10.6 Å². The van der Waals surface area contributed by atoms with E-state index in [1.165, 1.54) is 16.0 Å². The van der Waals surface area contributed by atoms with Crippen LogP contribution in [0.3, 0.4) is 0 Å². The minimum atomic E-state index is -0.383. The SMILES string of the molecule is Cc1cc(C)n(N=Cc2ccc(Br)s2)c(=O)c1C#N. The van der Waals surface area contributed by atoms with Crippen LogP contribution in [0.1, 0.15) is 21.7 Å². The number of hydrogen-bond acceptors (Lipinski definition) is 4. The Kier molecular flexibility index (Phi) is 3.98. The Morgan fingerprint density at radius 3 is 2.79 bits per heavy atom. The van der Waals surface area contributed by atoms with E-state index in [1.807, 2.05) is 18.2 Å². The minimum Gasteiger partial charge on any atom is -0.266 e. The van der Waals surface area contributed by atoms with Gasteiger partial charge in [-0.2, -0.15) is 10.4 Å². The first-order chi connectivity index (χ1) is 9.02. The van der Waals surface area contributed by atoms with Crippen molar-refractivity contribution in [1.29, 1.82) is 5.26 Å². The second kappa shape index (κ2) is 5.51. The monoisotopic (exact) mass is 335 g/mol. The van der Waals surface area contributed by atoms with Crippen LogP contribution in [0, 0.1) is 25.2 Å². The lowest BCUT2D eigenvalue weighted by Gasteiger charge is -2.05. The van der Waals surface area contributed by atoms with Gasteiger partial charge in [0.2, 0.25) is 0 Å². The first-order valence-electron chi connectivity index (χ1n) is 5.46. The molecule has 4 nitrogen and oxygen atoms in total. The number of rotatable bonds is 2. The van der Waals surface area contributed by atoms with Crippen molar-refractivity contribution < 1.29 is 0 Å². The van der Waals surface area contributed by atoms with Crippen molar-refractivity contribution in [2.75, 3.05) is 0 Å². The standard InChI is InChI=1S/C13H10BrN3OS/c1-8-5-9(2)17(13(18)11(8)6-15)16-7-10-3-4-12(14)19-10/h3-5,7H,1-2H3. The van der Waals surface area contributed by atoms with Crippen LogP contribution >= 0.6 is 27.3 Å². The average molecular weight is 336 g/mol. The number of pyridine rings is 1. The van der Waals surface area contributed by atoms with E-state index in [9.17, 15) is 4.79 Å². The molecule has 0 radical (unpaired) electrons. The van der Waals surface area contributed by atoms with E-state index >= 15 is 0 Å². The maximum Gasteiger partial charge on any atom is 0.289 e. The van der Waals surface area contributed by atoms with Crippen molar-refractivity contribution in [3.8, 4) is 6.07 Å². The molecule has 0 bridgehead atoms. The first-order valence-corrected chi connectivity index (χ1v) is 7.07. The number of thiophene rings is 1. The normalized spacial score (nSPS) is 10.8. The van der Waals surface area contributed by atoms with E-state index in [4.69, 9.17) is 5.26 Å². The zero-order chi connectivity index (χ0) is 14.0. The minimum absolute atomic E-state index is 0.134. The highest BCUT2D eigenvalue weighted by atomic mass is 79.9. The summed E-state index contributed by atoms with van der Waals surface area (Å²) in [5.74, 6) is 0. The third kappa shape index (κ3) is 2.83. The highest BCUT2D eigenvalue weighted by Gasteiger charge is 2.08. The van der Waals surface area contributed by atoms with Gasteiger partial charge in [-0.3, -0.25) is 4.79 Å². The van der Waals surface area contributed by atoms with Crippen molar-refractivity contribution in [2.45, 2.75) is 13.8 Å². The van der Waals surface area contributed by atoms with Gasteiger partial charge in [-0.25, -0.2) is 4.68 Å². The molecule has 0 aliphatic rings. The molecular formula is C13H10BrN3OS. The molecule has 2 aromatic rings. The summed E-state index contributed by atoms with van der Waals surface area (Å²) >= 11 is 4.88. The van der Waals surface area contributed by atoms with Crippen LogP contribution < -0.4 is 5.56 Å². The van der Waals surface area contributed by atoms with Crippen LogP contribution in [0.4, 0.5) is 0 Å². The quantitative estimate of drug-likeness (QED) is 0.792. The Hall–Kier alpha value is -1.71. The molecule has 0 unspecified atom stereocenters. The maximum atomic E-state index is 12.1. The molecule has 0 saturated heterocycles. The second-order valence-electron chi connectivity index (χ2n) is 3.96. The molecule has 0 saturated carbocycles. The number of aryl methyl sites for hydroxylation is 2. The van der Waals surface area contributed by atoms with E-state index < -0.39 is 0 Å². The van der Waals surface area contributed by atoms with Gasteiger partial charge in [0.05, 0.1) is 10.0 Å². The fourth-order valence-electron chi connectivity index (χ4n) is 1.67. The Bertz CT molecular complexity index is 752. The van der Waals surface area contributed by atoms with E-state index in [-0.39, 0.29) is 11.1 Å². The van der Waals surface area contributed by atoms with Crippen LogP contribution in [-0.4, -0.2) is 10.9 Å². The Morgan fingerprint density at radius 1 is 1.47 bits per heavy atom. The summed E-state index contributed by atoms with van der Waals surface area (Å²) < 4.78 is 2.25. The van der Waals surface area contributed by atoms with Crippen molar-refractivity contribution >= 4 is 33.5 Å². The summed E-state index contributed by atoms with van der Waals surface area (Å²) in [6.45, 7) is 3.54. The summed E-state index contributed by atoms with van der Waals surface area (Å²) in [4.78, 5) is 13.0. The number of nitrogens with zero attached hydrogens (tertiary/aromatic N) is 3. The third-order valence-corrected chi connectivity index (χ3v) is 4.12. The molecule has 0 amide bonds. The molecule has 19 heavy (non-hydrogen) atoms. The largest absolute Gasteiger partial charge is 0.289 e. The molecule has 6 heteroatoms. The zero-order valence-corrected chi connectivity index (χ0v) is 12.7. The van der Waals surface area contributed by atoms with Gasteiger partial charge >= 0.3 is 0 Å². The van der Waals surface area contributed by atoms with E-state index in [0.717, 1.165) is 8.66 Å². The van der Waals surface area contributed by atoms with Crippen molar-refractivity contribution in [2.24, 2.45) is 5.10 Å². The summed E-state index contributed by atoms with van der Waals surface area (Å²) in [6, 6.07) is 7.52.